The summed E-state index contributed by atoms with van der Waals surface area (Å²) in [6, 6.07) is 6.26. The lowest BCUT2D eigenvalue weighted by Crippen LogP contribution is -2.48. The van der Waals surface area contributed by atoms with Crippen LogP contribution < -0.4 is 0 Å². The highest BCUT2D eigenvalue weighted by molar-refractivity contribution is 8.00. The van der Waals surface area contributed by atoms with Crippen molar-refractivity contribution in [3.8, 4) is 0 Å². The Morgan fingerprint density at radius 3 is 2.58 bits per heavy atom. The van der Waals surface area contributed by atoms with E-state index in [1.165, 1.54) is 23.9 Å². The van der Waals surface area contributed by atoms with Crippen molar-refractivity contribution in [2.75, 3.05) is 31.9 Å². The summed E-state index contributed by atoms with van der Waals surface area (Å²) >= 11 is 3.13. The molecule has 0 saturated carbocycles. The number of hydrogen-bond donors (Lipinski definition) is 0. The first-order chi connectivity index (χ1) is 11.6. The highest BCUT2D eigenvalue weighted by Gasteiger charge is 2.21. The minimum absolute atomic E-state index is 0.147. The van der Waals surface area contributed by atoms with E-state index in [0.717, 1.165) is 48.3 Å². The number of amides is 1. The van der Waals surface area contributed by atoms with Crippen molar-refractivity contribution < 1.29 is 9.18 Å². The van der Waals surface area contributed by atoms with Crippen LogP contribution in [0.5, 0.6) is 0 Å². The summed E-state index contributed by atoms with van der Waals surface area (Å²) < 4.78 is 12.9. The summed E-state index contributed by atoms with van der Waals surface area (Å²) in [6.07, 6.45) is 0. The molecule has 2 heterocycles. The molecule has 2 aromatic rings. The molecule has 24 heavy (non-hydrogen) atoms. The topological polar surface area (TPSA) is 36.4 Å². The molecule has 0 bridgehead atoms. The van der Waals surface area contributed by atoms with Crippen LogP contribution in [0.1, 0.15) is 10.7 Å². The van der Waals surface area contributed by atoms with Crippen LogP contribution in [-0.4, -0.2) is 52.6 Å². The molecular formula is C17H20FN3OS2. The lowest BCUT2D eigenvalue weighted by molar-refractivity contribution is -0.130. The third-order valence-electron chi connectivity index (χ3n) is 3.95. The van der Waals surface area contributed by atoms with Crippen LogP contribution in [0.15, 0.2) is 34.5 Å². The molecule has 7 heteroatoms. The fraction of sp³-hybridized carbons (Fsp3) is 0.412. The molecule has 0 N–H and O–H groups in total. The van der Waals surface area contributed by atoms with Gasteiger partial charge in [0.15, 0.2) is 0 Å². The van der Waals surface area contributed by atoms with E-state index in [-0.39, 0.29) is 11.7 Å². The number of nitrogens with zero attached hydrogens (tertiary/aromatic N) is 3. The van der Waals surface area contributed by atoms with Crippen molar-refractivity contribution in [3.63, 3.8) is 0 Å². The second-order valence-corrected chi connectivity index (χ2v) is 7.87. The van der Waals surface area contributed by atoms with Gasteiger partial charge in [0.05, 0.1) is 16.5 Å². The smallest absolute Gasteiger partial charge is 0.233 e. The summed E-state index contributed by atoms with van der Waals surface area (Å²) in [6.45, 7) is 6.14. The van der Waals surface area contributed by atoms with Crippen molar-refractivity contribution in [1.29, 1.82) is 0 Å². The maximum atomic E-state index is 12.9. The summed E-state index contributed by atoms with van der Waals surface area (Å²) in [5, 5.41) is 3.20. The van der Waals surface area contributed by atoms with Crippen LogP contribution in [0.25, 0.3) is 0 Å². The Morgan fingerprint density at radius 2 is 1.96 bits per heavy atom. The molecule has 1 saturated heterocycles. The van der Waals surface area contributed by atoms with Gasteiger partial charge < -0.3 is 4.90 Å². The van der Waals surface area contributed by atoms with Gasteiger partial charge in [0.1, 0.15) is 5.82 Å². The van der Waals surface area contributed by atoms with E-state index in [1.54, 1.807) is 23.5 Å². The highest BCUT2D eigenvalue weighted by Crippen LogP contribution is 2.19. The van der Waals surface area contributed by atoms with Crippen LogP contribution in [0.4, 0.5) is 4.39 Å². The molecule has 1 aromatic carbocycles. The zero-order chi connectivity index (χ0) is 16.9. The maximum Gasteiger partial charge on any atom is 0.233 e. The van der Waals surface area contributed by atoms with Crippen LogP contribution in [0, 0.1) is 12.7 Å². The number of thiazole rings is 1. The second kappa shape index (κ2) is 8.09. The van der Waals surface area contributed by atoms with Gasteiger partial charge in [0.25, 0.3) is 0 Å². The number of carbonyl (C=O) groups is 1. The van der Waals surface area contributed by atoms with E-state index in [1.807, 2.05) is 11.8 Å². The van der Waals surface area contributed by atoms with Crippen molar-refractivity contribution in [3.05, 3.63) is 46.2 Å². The Balaban J connectivity index is 1.42. The van der Waals surface area contributed by atoms with E-state index in [0.29, 0.717) is 5.75 Å². The number of carbonyl (C=O) groups excluding carboxylic acids is 1. The normalized spacial score (nSPS) is 15.7. The number of thioether (sulfide) groups is 1. The largest absolute Gasteiger partial charge is 0.339 e. The van der Waals surface area contributed by atoms with Crippen molar-refractivity contribution in [1.82, 2.24) is 14.8 Å². The second-order valence-electron chi connectivity index (χ2n) is 5.76. The number of halogens is 1. The molecular weight excluding hydrogens is 345 g/mol. The standard InChI is InChI=1S/C17H20FN3OS2/c1-13-19-15(11-23-13)10-20-6-8-21(9-7-20)17(22)12-24-16-4-2-14(18)3-5-16/h2-5,11H,6-10,12H2,1H3. The number of aryl methyl sites for hydroxylation is 1. The zero-order valence-corrected chi connectivity index (χ0v) is 15.2. The fourth-order valence-electron chi connectivity index (χ4n) is 2.63. The van der Waals surface area contributed by atoms with Gasteiger partial charge >= 0.3 is 0 Å². The summed E-state index contributed by atoms with van der Waals surface area (Å²) in [5.74, 6) is 0.294. The van der Waals surface area contributed by atoms with E-state index < -0.39 is 0 Å². The number of piperazine rings is 1. The maximum absolute atomic E-state index is 12.9. The molecule has 1 amide bonds. The van der Waals surface area contributed by atoms with Crippen LogP contribution in [0.2, 0.25) is 0 Å². The van der Waals surface area contributed by atoms with E-state index >= 15 is 0 Å². The average Bonchev–Trinajstić information content (AvgIpc) is 2.99. The molecule has 0 atom stereocenters. The molecule has 1 fully saturated rings. The van der Waals surface area contributed by atoms with Crippen LogP contribution in [-0.2, 0) is 11.3 Å². The van der Waals surface area contributed by atoms with E-state index in [4.69, 9.17) is 0 Å². The Labute approximate surface area is 149 Å². The molecule has 1 aromatic heterocycles. The molecule has 0 unspecified atom stereocenters. The summed E-state index contributed by atoms with van der Waals surface area (Å²) in [5.41, 5.74) is 1.11. The molecule has 128 valence electrons. The molecule has 3 rings (SSSR count). The van der Waals surface area contributed by atoms with E-state index in [2.05, 4.69) is 15.3 Å². The monoisotopic (exact) mass is 365 g/mol. The molecule has 1 aliphatic heterocycles. The van der Waals surface area contributed by atoms with Gasteiger partial charge in [-0.2, -0.15) is 0 Å². The molecule has 0 spiro atoms. The first-order valence-corrected chi connectivity index (χ1v) is 9.76. The summed E-state index contributed by atoms with van der Waals surface area (Å²) in [4.78, 5) is 22.0. The van der Waals surface area contributed by atoms with Crippen LogP contribution in [0.3, 0.4) is 0 Å². The minimum Gasteiger partial charge on any atom is -0.339 e. The third kappa shape index (κ3) is 4.78. The van der Waals surface area contributed by atoms with Crippen molar-refractivity contribution in [2.24, 2.45) is 0 Å². The van der Waals surface area contributed by atoms with Gasteiger partial charge in [-0.1, -0.05) is 0 Å². The van der Waals surface area contributed by atoms with Crippen molar-refractivity contribution >= 4 is 29.0 Å². The molecule has 1 aliphatic rings. The number of benzene rings is 1. The fourth-order valence-corrected chi connectivity index (χ4v) is 4.04. The summed E-state index contributed by atoms with van der Waals surface area (Å²) in [7, 11) is 0. The average molecular weight is 365 g/mol. The van der Waals surface area contributed by atoms with Crippen LogP contribution >= 0.6 is 23.1 Å². The number of rotatable bonds is 5. The number of aromatic nitrogens is 1. The minimum atomic E-state index is -0.253. The molecule has 0 aliphatic carbocycles. The first-order valence-electron chi connectivity index (χ1n) is 7.89. The zero-order valence-electron chi connectivity index (χ0n) is 13.6. The van der Waals surface area contributed by atoms with E-state index in [9.17, 15) is 9.18 Å². The predicted molar refractivity (Wildman–Crippen MR) is 95.8 cm³/mol. The molecule has 4 nitrogen and oxygen atoms in total. The van der Waals surface area contributed by atoms with Gasteiger partial charge in [0, 0.05) is 43.0 Å². The molecule has 0 radical (unpaired) electrons. The highest BCUT2D eigenvalue weighted by atomic mass is 32.2. The Morgan fingerprint density at radius 1 is 1.25 bits per heavy atom. The SMILES string of the molecule is Cc1nc(CN2CCN(C(=O)CSc3ccc(F)cc3)CC2)cs1. The van der Waals surface area contributed by atoms with Gasteiger partial charge in [-0.3, -0.25) is 9.69 Å². The quantitative estimate of drug-likeness (QED) is 0.763. The Bertz CT molecular complexity index is 681. The number of hydrogen-bond acceptors (Lipinski definition) is 5. The van der Waals surface area contributed by atoms with Crippen molar-refractivity contribution in [2.45, 2.75) is 18.4 Å². The lowest BCUT2D eigenvalue weighted by atomic mass is 10.3. The third-order valence-corrected chi connectivity index (χ3v) is 5.77. The van der Waals surface area contributed by atoms with Gasteiger partial charge in [-0.15, -0.1) is 23.1 Å². The predicted octanol–water partition coefficient (Wildman–Crippen LogP) is 3.03. The first kappa shape index (κ1) is 17.4. The Kier molecular flexibility index (Phi) is 5.86. The van der Waals surface area contributed by atoms with Gasteiger partial charge in [0.2, 0.25) is 5.91 Å². The Hall–Kier alpha value is -1.44. The lowest BCUT2D eigenvalue weighted by Gasteiger charge is -2.34. The van der Waals surface area contributed by atoms with Gasteiger partial charge in [-0.25, -0.2) is 9.37 Å². The van der Waals surface area contributed by atoms with Gasteiger partial charge in [-0.05, 0) is 31.2 Å².